The van der Waals surface area contributed by atoms with E-state index in [1.165, 1.54) is 0 Å². The molecule has 0 aliphatic carbocycles. The molecule has 1 amide bonds. The lowest BCUT2D eigenvalue weighted by Gasteiger charge is -2.18. The van der Waals surface area contributed by atoms with Gasteiger partial charge in [-0.1, -0.05) is 0 Å². The Hall–Kier alpha value is -2.73. The van der Waals surface area contributed by atoms with Crippen LogP contribution in [-0.2, 0) is 19.2 Å². The second-order valence-corrected chi connectivity index (χ2v) is 4.93. The Kier molecular flexibility index (Phi) is 8.97. The molecule has 1 unspecified atom stereocenters. The third kappa shape index (κ3) is 8.05. The van der Waals surface area contributed by atoms with Crippen molar-refractivity contribution in [2.45, 2.75) is 37.4 Å². The van der Waals surface area contributed by atoms with E-state index in [9.17, 15) is 19.2 Å². The van der Waals surface area contributed by atoms with Crippen molar-refractivity contribution in [2.24, 2.45) is 27.9 Å². The molecule has 0 saturated heterocycles. The summed E-state index contributed by atoms with van der Waals surface area (Å²) in [7, 11) is 0. The predicted molar refractivity (Wildman–Crippen MR) is 82.7 cm³/mol. The second kappa shape index (κ2) is 10.1. The third-order valence-electron chi connectivity index (χ3n) is 2.92. The van der Waals surface area contributed by atoms with Gasteiger partial charge in [-0.3, -0.25) is 19.4 Å². The summed E-state index contributed by atoms with van der Waals surface area (Å²) in [6.07, 6.45) is -0.323. The number of carbonyl (C=O) groups is 4. The molecule has 0 radical (unpaired) electrons. The van der Waals surface area contributed by atoms with Crippen LogP contribution in [0.4, 0.5) is 0 Å². The van der Waals surface area contributed by atoms with Crippen molar-refractivity contribution in [1.29, 1.82) is 0 Å². The van der Waals surface area contributed by atoms with Crippen LogP contribution in [0.5, 0.6) is 0 Å². The van der Waals surface area contributed by atoms with Crippen molar-refractivity contribution in [3.63, 3.8) is 0 Å². The lowest BCUT2D eigenvalue weighted by atomic mass is 10.0. The van der Waals surface area contributed by atoms with Crippen LogP contribution in [0.25, 0.3) is 0 Å². The molecular weight excluding hydrogens is 324 g/mol. The average molecular weight is 346 g/mol. The Bertz CT molecular complexity index is 518. The van der Waals surface area contributed by atoms with Crippen LogP contribution in [-0.4, -0.2) is 64.5 Å². The van der Waals surface area contributed by atoms with E-state index >= 15 is 0 Å². The number of carboxylic acid groups (broad SMARTS) is 2. The van der Waals surface area contributed by atoms with Gasteiger partial charge in [-0.15, -0.1) is 0 Å². The topological polar surface area (TPSA) is 237 Å². The number of carbonyl (C=O) groups excluding carboxylic acids is 2. The van der Waals surface area contributed by atoms with Crippen molar-refractivity contribution < 1.29 is 29.4 Å². The number of aliphatic imine (C=N–C) groups is 1. The van der Waals surface area contributed by atoms with Crippen molar-refractivity contribution in [1.82, 2.24) is 5.32 Å². The molecule has 3 atom stereocenters. The summed E-state index contributed by atoms with van der Waals surface area (Å²) in [6.45, 7) is 0.241. The predicted octanol–water partition coefficient (Wildman–Crippen LogP) is -3.69. The number of guanidine groups is 1. The quantitative estimate of drug-likeness (QED) is 0.0835. The number of hydrogen-bond acceptors (Lipinski definition) is 7. The molecule has 136 valence electrons. The van der Waals surface area contributed by atoms with Crippen LogP contribution in [0, 0.1) is 0 Å². The van der Waals surface area contributed by atoms with E-state index < -0.39 is 48.2 Å². The molecular formula is C12H22N6O6. The molecule has 0 aliphatic rings. The van der Waals surface area contributed by atoms with Crippen LogP contribution in [0.3, 0.4) is 0 Å². The number of nitrogens with two attached hydrogens (primary N) is 4. The van der Waals surface area contributed by atoms with E-state index in [0.29, 0.717) is 6.42 Å². The van der Waals surface area contributed by atoms with E-state index in [2.05, 4.69) is 4.99 Å². The van der Waals surface area contributed by atoms with Gasteiger partial charge in [0.05, 0.1) is 12.5 Å². The fraction of sp³-hybridized carbons (Fsp3) is 0.583. The van der Waals surface area contributed by atoms with Gasteiger partial charge in [0, 0.05) is 6.54 Å². The number of rotatable bonds is 11. The number of amides is 1. The van der Waals surface area contributed by atoms with Gasteiger partial charge in [-0.25, -0.2) is 4.79 Å². The Morgan fingerprint density at radius 3 is 2.12 bits per heavy atom. The van der Waals surface area contributed by atoms with Gasteiger partial charge in [0.2, 0.25) is 5.91 Å². The molecule has 0 heterocycles. The van der Waals surface area contributed by atoms with E-state index in [0.717, 1.165) is 0 Å². The van der Waals surface area contributed by atoms with Gasteiger partial charge in [-0.2, -0.15) is 0 Å². The molecule has 11 N–H and O–H groups in total. The minimum atomic E-state index is -1.71. The fourth-order valence-corrected chi connectivity index (χ4v) is 1.66. The molecule has 0 bridgehead atoms. The van der Waals surface area contributed by atoms with E-state index in [4.69, 9.17) is 33.1 Å². The highest BCUT2D eigenvalue weighted by molar-refractivity contribution is 6.08. The van der Waals surface area contributed by atoms with Crippen molar-refractivity contribution in [3.05, 3.63) is 0 Å². The molecule has 0 rings (SSSR count). The zero-order valence-corrected chi connectivity index (χ0v) is 12.8. The summed E-state index contributed by atoms with van der Waals surface area (Å²) in [5.74, 6) is -5.03. The van der Waals surface area contributed by atoms with E-state index in [1.807, 2.05) is 5.32 Å². The van der Waals surface area contributed by atoms with Crippen LogP contribution < -0.4 is 28.3 Å². The SMILES string of the molecule is NC(N)=NCCC[C@H](N)C(=O)C(N)C(=O)N[C@@H](CC(=O)O)C(=O)O. The maximum absolute atomic E-state index is 11.9. The Labute approximate surface area is 137 Å². The van der Waals surface area contributed by atoms with Gasteiger partial charge < -0.3 is 38.5 Å². The highest BCUT2D eigenvalue weighted by atomic mass is 16.4. The number of hydrogen-bond donors (Lipinski definition) is 7. The van der Waals surface area contributed by atoms with Gasteiger partial charge >= 0.3 is 11.9 Å². The maximum atomic E-state index is 11.9. The lowest BCUT2D eigenvalue weighted by Crippen LogP contribution is -2.55. The first-order chi connectivity index (χ1) is 11.1. The summed E-state index contributed by atoms with van der Waals surface area (Å²) in [5.41, 5.74) is 21.3. The Morgan fingerprint density at radius 2 is 1.67 bits per heavy atom. The monoisotopic (exact) mass is 346 g/mol. The maximum Gasteiger partial charge on any atom is 0.326 e. The summed E-state index contributed by atoms with van der Waals surface area (Å²) >= 11 is 0. The minimum absolute atomic E-state index is 0.107. The first kappa shape index (κ1) is 21.3. The number of Topliss-reactive ketones (excluding diaryl/α,β-unsaturated/α-hetero) is 1. The lowest BCUT2D eigenvalue weighted by molar-refractivity contribution is -0.147. The molecule has 0 aromatic rings. The van der Waals surface area contributed by atoms with E-state index in [1.54, 1.807) is 0 Å². The second-order valence-electron chi connectivity index (χ2n) is 4.93. The van der Waals surface area contributed by atoms with Crippen molar-refractivity contribution in [3.8, 4) is 0 Å². The molecule has 0 aliphatic heterocycles. The van der Waals surface area contributed by atoms with Crippen LogP contribution in [0.1, 0.15) is 19.3 Å². The number of nitrogens with zero attached hydrogens (tertiary/aromatic N) is 1. The molecule has 0 fully saturated rings. The molecule has 0 spiro atoms. The number of carboxylic acids is 2. The number of nitrogens with one attached hydrogen (secondary N) is 1. The first-order valence-corrected chi connectivity index (χ1v) is 6.91. The third-order valence-corrected chi connectivity index (χ3v) is 2.92. The number of aliphatic carboxylic acids is 2. The molecule has 0 aromatic heterocycles. The van der Waals surface area contributed by atoms with E-state index in [-0.39, 0.29) is 18.9 Å². The molecule has 24 heavy (non-hydrogen) atoms. The zero-order valence-electron chi connectivity index (χ0n) is 12.8. The minimum Gasteiger partial charge on any atom is -0.481 e. The Balaban J connectivity index is 4.58. The molecule has 12 nitrogen and oxygen atoms in total. The molecule has 0 aromatic carbocycles. The van der Waals surface area contributed by atoms with Crippen molar-refractivity contribution in [2.75, 3.05) is 6.54 Å². The van der Waals surface area contributed by atoms with Crippen molar-refractivity contribution >= 4 is 29.6 Å². The highest BCUT2D eigenvalue weighted by Gasteiger charge is 2.31. The first-order valence-electron chi connectivity index (χ1n) is 6.91. The zero-order chi connectivity index (χ0) is 18.9. The normalized spacial score (nSPS) is 14.1. The summed E-state index contributed by atoms with van der Waals surface area (Å²) in [6, 6.07) is -4.48. The smallest absolute Gasteiger partial charge is 0.326 e. The average Bonchev–Trinajstić information content (AvgIpc) is 2.48. The van der Waals surface area contributed by atoms with Crippen LogP contribution in [0.2, 0.25) is 0 Å². The summed E-state index contributed by atoms with van der Waals surface area (Å²) < 4.78 is 0. The summed E-state index contributed by atoms with van der Waals surface area (Å²) in [4.78, 5) is 48.8. The largest absolute Gasteiger partial charge is 0.481 e. The van der Waals surface area contributed by atoms with Gasteiger partial charge in [0.25, 0.3) is 0 Å². The highest BCUT2D eigenvalue weighted by Crippen LogP contribution is 2.01. The van der Waals surface area contributed by atoms with Gasteiger partial charge in [0.1, 0.15) is 12.1 Å². The van der Waals surface area contributed by atoms with Gasteiger partial charge in [-0.05, 0) is 12.8 Å². The molecule has 0 saturated carbocycles. The number of ketones is 1. The standard InChI is InChI=1S/C12H22N6O6/c13-5(2-1-3-17-12(15)16)9(21)8(14)10(22)18-6(11(23)24)4-7(19)20/h5-6,8H,1-4,13-14H2,(H,18,22)(H,19,20)(H,23,24)(H4,15,16,17)/t5-,6-,8?/m0/s1. The van der Waals surface area contributed by atoms with Gasteiger partial charge in [0.15, 0.2) is 11.7 Å². The summed E-state index contributed by atoms with van der Waals surface area (Å²) in [5, 5.41) is 19.3. The van der Waals surface area contributed by atoms with Crippen LogP contribution >= 0.6 is 0 Å². The Morgan fingerprint density at radius 1 is 1.08 bits per heavy atom. The van der Waals surface area contributed by atoms with Crippen LogP contribution in [0.15, 0.2) is 4.99 Å². The molecule has 12 heteroatoms. The fourth-order valence-electron chi connectivity index (χ4n) is 1.66.